The van der Waals surface area contributed by atoms with E-state index in [4.69, 9.17) is 4.42 Å². The molecule has 0 unspecified atom stereocenters. The summed E-state index contributed by atoms with van der Waals surface area (Å²) in [5, 5.41) is 3.54. The van der Waals surface area contributed by atoms with Crippen LogP contribution in [0.5, 0.6) is 0 Å². The lowest BCUT2D eigenvalue weighted by molar-refractivity contribution is 0.567. The smallest absolute Gasteiger partial charge is 0.135 e. The lowest BCUT2D eigenvalue weighted by atomic mass is 10.2. The molecule has 2 rings (SSSR count). The van der Waals surface area contributed by atoms with Gasteiger partial charge in [0, 0.05) is 11.8 Å². The van der Waals surface area contributed by atoms with E-state index in [9.17, 15) is 8.42 Å². The first kappa shape index (κ1) is 12.4. The van der Waals surface area contributed by atoms with Gasteiger partial charge in [-0.25, -0.2) is 8.42 Å². The van der Waals surface area contributed by atoms with Crippen LogP contribution in [0.2, 0.25) is 0 Å². The SMILES string of the molecule is Cc1ccc(S(=O)(=O)[N-]/N=C/c2ccoc2)cc1. The Morgan fingerprint density at radius 2 is 1.94 bits per heavy atom. The average molecular weight is 263 g/mol. The standard InChI is InChI=1S/C12H11N2O3S/c1-10-2-4-12(5-3-10)18(15,16)14-13-8-11-6-7-17-9-11/h2-9H,1H3/q-1/b13-8+. The first-order valence-corrected chi connectivity index (χ1v) is 6.61. The van der Waals surface area contributed by atoms with Crippen molar-refractivity contribution < 1.29 is 12.8 Å². The fourth-order valence-corrected chi connectivity index (χ4v) is 2.00. The summed E-state index contributed by atoms with van der Waals surface area (Å²) in [5.41, 5.74) is 1.63. The van der Waals surface area contributed by atoms with Crippen LogP contribution in [0.1, 0.15) is 11.1 Å². The predicted octanol–water partition coefficient (Wildman–Crippen LogP) is 2.68. The van der Waals surface area contributed by atoms with E-state index in [2.05, 4.69) is 9.93 Å². The van der Waals surface area contributed by atoms with Crippen LogP contribution in [0.15, 0.2) is 57.3 Å². The molecule has 18 heavy (non-hydrogen) atoms. The van der Waals surface area contributed by atoms with Crippen LogP contribution in [-0.2, 0) is 10.0 Å². The molecule has 1 aromatic carbocycles. The zero-order valence-electron chi connectivity index (χ0n) is 9.65. The second-order valence-corrected chi connectivity index (χ2v) is 5.26. The highest BCUT2D eigenvalue weighted by molar-refractivity contribution is 7.93. The fourth-order valence-electron chi connectivity index (χ4n) is 1.26. The number of hydrogen-bond acceptors (Lipinski definition) is 4. The van der Waals surface area contributed by atoms with Gasteiger partial charge >= 0.3 is 0 Å². The minimum atomic E-state index is -3.73. The number of furan rings is 1. The molecule has 0 fully saturated rings. The van der Waals surface area contributed by atoms with E-state index in [1.165, 1.54) is 30.9 Å². The molecule has 0 aliphatic heterocycles. The van der Waals surface area contributed by atoms with Crippen LogP contribution in [0.25, 0.3) is 4.83 Å². The lowest BCUT2D eigenvalue weighted by Gasteiger charge is -2.15. The summed E-state index contributed by atoms with van der Waals surface area (Å²) in [6, 6.07) is 8.07. The maximum Gasteiger partial charge on any atom is 0.135 e. The monoisotopic (exact) mass is 263 g/mol. The van der Waals surface area contributed by atoms with Gasteiger partial charge in [0.15, 0.2) is 0 Å². The lowest BCUT2D eigenvalue weighted by Crippen LogP contribution is -1.97. The van der Waals surface area contributed by atoms with Crippen LogP contribution in [0, 0.1) is 6.92 Å². The number of hydrogen-bond donors (Lipinski definition) is 0. The van der Waals surface area contributed by atoms with Crippen molar-refractivity contribution >= 4 is 16.2 Å². The number of aryl methyl sites for hydroxylation is 1. The second kappa shape index (κ2) is 5.05. The molecular weight excluding hydrogens is 252 g/mol. The third kappa shape index (κ3) is 2.98. The molecule has 1 aromatic heterocycles. The Morgan fingerprint density at radius 1 is 1.22 bits per heavy atom. The molecule has 2 aromatic rings. The van der Waals surface area contributed by atoms with E-state index in [-0.39, 0.29) is 4.90 Å². The molecule has 0 spiro atoms. The first-order valence-electron chi connectivity index (χ1n) is 5.17. The number of rotatable bonds is 4. The van der Waals surface area contributed by atoms with Crippen LogP contribution in [0.3, 0.4) is 0 Å². The molecule has 0 N–H and O–H groups in total. The van der Waals surface area contributed by atoms with Gasteiger partial charge in [-0.3, -0.25) is 0 Å². The third-order valence-electron chi connectivity index (χ3n) is 2.22. The molecule has 0 radical (unpaired) electrons. The molecule has 0 saturated heterocycles. The zero-order chi connectivity index (χ0) is 13.0. The zero-order valence-corrected chi connectivity index (χ0v) is 10.5. The molecule has 0 saturated carbocycles. The highest BCUT2D eigenvalue weighted by Gasteiger charge is 2.02. The Labute approximate surface area is 105 Å². The van der Waals surface area contributed by atoms with E-state index in [1.807, 2.05) is 6.92 Å². The van der Waals surface area contributed by atoms with E-state index < -0.39 is 10.0 Å². The molecule has 6 heteroatoms. The van der Waals surface area contributed by atoms with Gasteiger partial charge in [-0.15, -0.1) is 0 Å². The van der Waals surface area contributed by atoms with Gasteiger partial charge < -0.3 is 14.3 Å². The van der Waals surface area contributed by atoms with E-state index >= 15 is 0 Å². The third-order valence-corrected chi connectivity index (χ3v) is 3.40. The van der Waals surface area contributed by atoms with Gasteiger partial charge in [-0.05, 0) is 25.1 Å². The van der Waals surface area contributed by atoms with Crippen molar-refractivity contribution in [3.05, 3.63) is 58.8 Å². The van der Waals surface area contributed by atoms with Gasteiger partial charge in [0.2, 0.25) is 0 Å². The van der Waals surface area contributed by atoms with Crippen molar-refractivity contribution in [3.63, 3.8) is 0 Å². The summed E-state index contributed by atoms with van der Waals surface area (Å²) in [7, 11) is -3.73. The molecule has 0 atom stereocenters. The topological polar surface area (TPSA) is 73.7 Å². The second-order valence-electron chi connectivity index (χ2n) is 3.67. The van der Waals surface area contributed by atoms with Gasteiger partial charge in [-0.2, -0.15) is 0 Å². The van der Waals surface area contributed by atoms with Gasteiger partial charge in [-0.1, -0.05) is 17.7 Å². The Bertz CT molecular complexity index is 628. The van der Waals surface area contributed by atoms with Gasteiger partial charge in [0.05, 0.1) is 17.4 Å². The summed E-state index contributed by atoms with van der Waals surface area (Å²) in [6.45, 7) is 1.88. The molecule has 1 heterocycles. The fraction of sp³-hybridized carbons (Fsp3) is 0.0833. The van der Waals surface area contributed by atoms with Gasteiger partial charge in [0.1, 0.15) is 10.0 Å². The molecule has 0 amide bonds. The van der Waals surface area contributed by atoms with Crippen LogP contribution in [-0.4, -0.2) is 14.6 Å². The number of nitrogens with zero attached hydrogens (tertiary/aromatic N) is 2. The van der Waals surface area contributed by atoms with Crippen molar-refractivity contribution in [2.45, 2.75) is 11.8 Å². The largest absolute Gasteiger partial charge is 0.491 e. The predicted molar refractivity (Wildman–Crippen MR) is 68.0 cm³/mol. The molecule has 0 aliphatic rings. The van der Waals surface area contributed by atoms with Crippen molar-refractivity contribution in [2.24, 2.45) is 5.10 Å². The quantitative estimate of drug-likeness (QED) is 0.628. The van der Waals surface area contributed by atoms with E-state index in [0.29, 0.717) is 5.56 Å². The highest BCUT2D eigenvalue weighted by Crippen LogP contribution is 2.17. The Hall–Kier alpha value is -2.08. The highest BCUT2D eigenvalue weighted by atomic mass is 32.2. The Morgan fingerprint density at radius 3 is 2.56 bits per heavy atom. The summed E-state index contributed by atoms with van der Waals surface area (Å²) >= 11 is 0. The summed E-state index contributed by atoms with van der Waals surface area (Å²) < 4.78 is 28.3. The molecule has 0 bridgehead atoms. The van der Waals surface area contributed by atoms with Crippen LogP contribution < -0.4 is 0 Å². The van der Waals surface area contributed by atoms with Crippen molar-refractivity contribution in [1.29, 1.82) is 0 Å². The minimum absolute atomic E-state index is 0.123. The van der Waals surface area contributed by atoms with Crippen LogP contribution in [0.4, 0.5) is 0 Å². The average Bonchev–Trinajstić information content (AvgIpc) is 2.82. The molecule has 5 nitrogen and oxygen atoms in total. The van der Waals surface area contributed by atoms with Crippen molar-refractivity contribution in [2.75, 3.05) is 0 Å². The number of sulfonamides is 1. The summed E-state index contributed by atoms with van der Waals surface area (Å²) in [6.07, 6.45) is 4.22. The summed E-state index contributed by atoms with van der Waals surface area (Å²) in [4.78, 5) is 3.45. The molecule has 0 aliphatic carbocycles. The van der Waals surface area contributed by atoms with Crippen LogP contribution >= 0.6 is 0 Å². The maximum atomic E-state index is 11.8. The van der Waals surface area contributed by atoms with Gasteiger partial charge in [0.25, 0.3) is 0 Å². The van der Waals surface area contributed by atoms with E-state index in [0.717, 1.165) is 5.56 Å². The van der Waals surface area contributed by atoms with Crippen molar-refractivity contribution in [1.82, 2.24) is 0 Å². The summed E-state index contributed by atoms with van der Waals surface area (Å²) in [5.74, 6) is 0. The normalized spacial score (nSPS) is 11.8. The Balaban J connectivity index is 2.10. The minimum Gasteiger partial charge on any atom is -0.491 e. The first-order chi connectivity index (χ1) is 8.58. The molecular formula is C12H11N2O3S-. The van der Waals surface area contributed by atoms with E-state index in [1.54, 1.807) is 18.2 Å². The Kier molecular flexibility index (Phi) is 3.47. The van der Waals surface area contributed by atoms with Crippen molar-refractivity contribution in [3.8, 4) is 0 Å². The maximum absolute atomic E-state index is 11.8. The molecule has 94 valence electrons. The number of benzene rings is 1.